The molecule has 0 spiro atoms. The van der Waals surface area contributed by atoms with Gasteiger partial charge in [-0.3, -0.25) is 4.98 Å². The van der Waals surface area contributed by atoms with E-state index < -0.39 is 12.1 Å². The summed E-state index contributed by atoms with van der Waals surface area (Å²) in [5, 5.41) is 10.7. The number of esters is 1. The minimum atomic E-state index is -1.34. The van der Waals surface area contributed by atoms with Gasteiger partial charge < -0.3 is 14.7 Å². The number of aromatic nitrogens is 1. The topological polar surface area (TPSA) is 62.7 Å². The lowest BCUT2D eigenvalue weighted by molar-refractivity contribution is -0.157. The molecule has 1 aromatic rings. The first-order valence-electron chi connectivity index (χ1n) is 8.83. The Balaban J connectivity index is 2.46. The van der Waals surface area contributed by atoms with Crippen LogP contribution in [0.2, 0.25) is 0 Å². The van der Waals surface area contributed by atoms with E-state index in [0.717, 1.165) is 41.8 Å². The van der Waals surface area contributed by atoms with E-state index in [-0.39, 0.29) is 6.10 Å². The maximum Gasteiger partial charge on any atom is 0.340 e. The molecule has 1 aliphatic heterocycles. The third kappa shape index (κ3) is 4.53. The van der Waals surface area contributed by atoms with E-state index >= 15 is 0 Å². The summed E-state index contributed by atoms with van der Waals surface area (Å²) in [5.41, 5.74) is 3.24. The summed E-state index contributed by atoms with van der Waals surface area (Å²) in [6, 6.07) is 0. The molecule has 0 saturated carbocycles. The number of rotatable bonds is 4. The van der Waals surface area contributed by atoms with Gasteiger partial charge in [-0.25, -0.2) is 4.79 Å². The van der Waals surface area contributed by atoms with Gasteiger partial charge in [0.15, 0.2) is 6.10 Å². The summed E-state index contributed by atoms with van der Waals surface area (Å²) in [4.78, 5) is 19.1. The molecule has 1 aromatic heterocycles. The number of halogens is 1. The molecule has 5 nitrogen and oxygen atoms in total. The highest BCUT2D eigenvalue weighted by Crippen LogP contribution is 2.41. The molecule has 140 valence electrons. The van der Waals surface area contributed by atoms with Crippen LogP contribution in [0.5, 0.6) is 0 Å². The van der Waals surface area contributed by atoms with Crippen LogP contribution in [-0.4, -0.2) is 35.3 Å². The third-order valence-corrected chi connectivity index (χ3v) is 5.74. The normalized spacial score (nSPS) is 18.4. The van der Waals surface area contributed by atoms with Gasteiger partial charge in [0.1, 0.15) is 0 Å². The van der Waals surface area contributed by atoms with Crippen molar-refractivity contribution >= 4 is 27.6 Å². The SMILES string of the molecule is Cc1nc(C)c([C@H](O)C(=O)OC(C)C)c(N2CCC(C)(C)CC2)c1Br. The van der Waals surface area contributed by atoms with Crippen molar-refractivity contribution < 1.29 is 14.6 Å². The van der Waals surface area contributed by atoms with E-state index in [2.05, 4.69) is 39.7 Å². The maximum atomic E-state index is 12.3. The van der Waals surface area contributed by atoms with E-state index in [4.69, 9.17) is 4.74 Å². The summed E-state index contributed by atoms with van der Waals surface area (Å²) >= 11 is 3.63. The molecule has 0 radical (unpaired) electrons. The summed E-state index contributed by atoms with van der Waals surface area (Å²) in [7, 11) is 0. The summed E-state index contributed by atoms with van der Waals surface area (Å²) in [6.07, 6.45) is 0.512. The fourth-order valence-corrected chi connectivity index (χ4v) is 3.76. The Morgan fingerprint density at radius 2 is 1.80 bits per heavy atom. The Kier molecular flexibility index (Phi) is 6.15. The van der Waals surface area contributed by atoms with Crippen molar-refractivity contribution in [1.29, 1.82) is 0 Å². The number of aryl methyl sites for hydroxylation is 2. The second-order valence-electron chi connectivity index (χ2n) is 7.90. The van der Waals surface area contributed by atoms with Crippen molar-refractivity contribution in [2.45, 2.75) is 66.6 Å². The van der Waals surface area contributed by atoms with Crippen LogP contribution in [0.25, 0.3) is 0 Å². The molecule has 0 unspecified atom stereocenters. The van der Waals surface area contributed by atoms with Crippen LogP contribution in [0.3, 0.4) is 0 Å². The number of anilines is 1. The molecule has 2 heterocycles. The number of carbonyl (C=O) groups is 1. The minimum absolute atomic E-state index is 0.274. The van der Waals surface area contributed by atoms with Crippen LogP contribution in [-0.2, 0) is 9.53 Å². The predicted molar refractivity (Wildman–Crippen MR) is 103 cm³/mol. The zero-order valence-electron chi connectivity index (χ0n) is 16.0. The number of hydrogen-bond acceptors (Lipinski definition) is 5. The molecule has 25 heavy (non-hydrogen) atoms. The fraction of sp³-hybridized carbons (Fsp3) is 0.684. The molecule has 0 amide bonds. The van der Waals surface area contributed by atoms with Crippen molar-refractivity contribution in [3.05, 3.63) is 21.4 Å². The molecule has 1 aliphatic rings. The summed E-state index contributed by atoms with van der Waals surface area (Å²) in [6.45, 7) is 13.6. The number of nitrogens with zero attached hydrogens (tertiary/aromatic N) is 2. The molecule has 2 rings (SSSR count). The van der Waals surface area contributed by atoms with Gasteiger partial charge in [-0.2, -0.15) is 0 Å². The number of aliphatic hydroxyl groups excluding tert-OH is 1. The number of hydrogen-bond donors (Lipinski definition) is 1. The lowest BCUT2D eigenvalue weighted by Gasteiger charge is -2.40. The molecule has 0 bridgehead atoms. The van der Waals surface area contributed by atoms with E-state index in [0.29, 0.717) is 16.7 Å². The molecule has 1 saturated heterocycles. The summed E-state index contributed by atoms with van der Waals surface area (Å²) < 4.78 is 6.05. The Labute approximate surface area is 158 Å². The van der Waals surface area contributed by atoms with Crippen LogP contribution >= 0.6 is 15.9 Å². The van der Waals surface area contributed by atoms with Gasteiger partial charge in [0.2, 0.25) is 0 Å². The molecular weight excluding hydrogens is 384 g/mol. The molecule has 0 aliphatic carbocycles. The quantitative estimate of drug-likeness (QED) is 0.754. The largest absolute Gasteiger partial charge is 0.461 e. The Morgan fingerprint density at radius 1 is 1.24 bits per heavy atom. The molecular formula is C19H29BrN2O3. The van der Waals surface area contributed by atoms with Gasteiger partial charge in [0, 0.05) is 24.3 Å². The zero-order chi connectivity index (χ0) is 18.9. The molecule has 1 fully saturated rings. The number of aliphatic hydroxyl groups is 1. The predicted octanol–water partition coefficient (Wildman–Crippen LogP) is 4.07. The lowest BCUT2D eigenvalue weighted by atomic mass is 9.82. The van der Waals surface area contributed by atoms with E-state index in [1.54, 1.807) is 13.8 Å². The highest BCUT2D eigenvalue weighted by molar-refractivity contribution is 9.10. The Bertz CT molecular complexity index is 649. The number of piperidine rings is 1. The first-order valence-corrected chi connectivity index (χ1v) is 9.63. The number of carbonyl (C=O) groups excluding carboxylic acids is 1. The fourth-order valence-electron chi connectivity index (χ4n) is 3.21. The van der Waals surface area contributed by atoms with Crippen molar-refractivity contribution in [1.82, 2.24) is 4.98 Å². The van der Waals surface area contributed by atoms with Crippen LogP contribution in [0, 0.1) is 19.3 Å². The summed E-state index contributed by atoms with van der Waals surface area (Å²) in [5.74, 6) is -0.630. The van der Waals surface area contributed by atoms with E-state index in [1.165, 1.54) is 0 Å². The molecule has 0 aromatic carbocycles. The van der Waals surface area contributed by atoms with Gasteiger partial charge in [-0.15, -0.1) is 0 Å². The zero-order valence-corrected chi connectivity index (χ0v) is 17.6. The van der Waals surface area contributed by atoms with Crippen LogP contribution < -0.4 is 4.90 Å². The van der Waals surface area contributed by atoms with Crippen molar-refractivity contribution in [3.8, 4) is 0 Å². The average molecular weight is 413 g/mol. The lowest BCUT2D eigenvalue weighted by Crippen LogP contribution is -2.38. The Hall–Kier alpha value is -1.14. The van der Waals surface area contributed by atoms with Crippen molar-refractivity contribution in [3.63, 3.8) is 0 Å². The van der Waals surface area contributed by atoms with Gasteiger partial charge in [0.05, 0.1) is 22.0 Å². The molecule has 1 N–H and O–H groups in total. The second-order valence-corrected chi connectivity index (χ2v) is 8.69. The maximum absolute atomic E-state index is 12.3. The van der Waals surface area contributed by atoms with Gasteiger partial charge in [-0.1, -0.05) is 13.8 Å². The number of ether oxygens (including phenoxy) is 1. The highest BCUT2D eigenvalue weighted by Gasteiger charge is 2.33. The van der Waals surface area contributed by atoms with E-state index in [1.807, 2.05) is 13.8 Å². The standard InChI is InChI=1S/C19H29BrN2O3/c1-11(2)25-18(24)17(23)14-12(3)21-13(4)15(20)16(14)22-9-7-19(5,6)8-10-22/h11,17,23H,7-10H2,1-6H3/t17-/m0/s1. The van der Waals surface area contributed by atoms with Crippen molar-refractivity contribution in [2.75, 3.05) is 18.0 Å². The molecule has 6 heteroatoms. The first-order chi connectivity index (χ1) is 11.5. The smallest absolute Gasteiger partial charge is 0.340 e. The first kappa shape index (κ1) is 20.2. The Morgan fingerprint density at radius 3 is 2.32 bits per heavy atom. The van der Waals surface area contributed by atoms with Crippen LogP contribution in [0.4, 0.5) is 5.69 Å². The monoisotopic (exact) mass is 412 g/mol. The second kappa shape index (κ2) is 7.62. The van der Waals surface area contributed by atoms with Crippen LogP contribution in [0.15, 0.2) is 4.47 Å². The number of pyridine rings is 1. The van der Waals surface area contributed by atoms with Gasteiger partial charge >= 0.3 is 5.97 Å². The minimum Gasteiger partial charge on any atom is -0.461 e. The third-order valence-electron chi connectivity index (χ3n) is 4.79. The average Bonchev–Trinajstić information content (AvgIpc) is 2.49. The van der Waals surface area contributed by atoms with Crippen molar-refractivity contribution in [2.24, 2.45) is 5.41 Å². The van der Waals surface area contributed by atoms with Gasteiger partial charge in [-0.05, 0) is 61.9 Å². The molecule has 1 atom stereocenters. The highest BCUT2D eigenvalue weighted by atomic mass is 79.9. The van der Waals surface area contributed by atoms with Crippen LogP contribution in [0.1, 0.15) is 63.6 Å². The van der Waals surface area contributed by atoms with E-state index in [9.17, 15) is 9.90 Å². The van der Waals surface area contributed by atoms with Gasteiger partial charge in [0.25, 0.3) is 0 Å².